The number of carbonyl (C=O) groups excluding carboxylic acids is 1. The third kappa shape index (κ3) is 9.46. The number of rotatable bonds is 7. The molecule has 7 heteroatoms. The SMILES string of the molecule is CNCCCC(=O)NCC(C)N1CCOCC1.Cl.Cl. The van der Waals surface area contributed by atoms with Crippen molar-refractivity contribution < 1.29 is 9.53 Å². The van der Waals surface area contributed by atoms with E-state index in [1.54, 1.807) is 0 Å². The first-order valence-electron chi connectivity index (χ1n) is 6.47. The Kier molecular flexibility index (Phi) is 14.5. The molecule has 1 unspecified atom stereocenters. The van der Waals surface area contributed by atoms with Crippen LogP contribution in [0.25, 0.3) is 0 Å². The normalized spacial score (nSPS) is 16.9. The van der Waals surface area contributed by atoms with E-state index < -0.39 is 0 Å². The summed E-state index contributed by atoms with van der Waals surface area (Å²) in [5.41, 5.74) is 0. The van der Waals surface area contributed by atoms with Crippen LogP contribution >= 0.6 is 24.8 Å². The largest absolute Gasteiger partial charge is 0.379 e. The summed E-state index contributed by atoms with van der Waals surface area (Å²) in [7, 11) is 1.90. The maximum atomic E-state index is 11.5. The molecule has 5 nitrogen and oxygen atoms in total. The summed E-state index contributed by atoms with van der Waals surface area (Å²) in [5, 5.41) is 6.03. The van der Waals surface area contributed by atoms with Gasteiger partial charge in [-0.25, -0.2) is 0 Å². The minimum Gasteiger partial charge on any atom is -0.379 e. The number of ether oxygens (including phenoxy) is 1. The van der Waals surface area contributed by atoms with Crippen LogP contribution in [0.15, 0.2) is 0 Å². The van der Waals surface area contributed by atoms with Crippen molar-refractivity contribution in [2.75, 3.05) is 46.4 Å². The molecule has 1 heterocycles. The van der Waals surface area contributed by atoms with E-state index in [-0.39, 0.29) is 30.7 Å². The maximum absolute atomic E-state index is 11.5. The van der Waals surface area contributed by atoms with Crippen LogP contribution in [0, 0.1) is 0 Å². The fraction of sp³-hybridized carbons (Fsp3) is 0.917. The molecule has 0 aromatic heterocycles. The lowest BCUT2D eigenvalue weighted by atomic mass is 10.2. The average Bonchev–Trinajstić information content (AvgIpc) is 2.37. The van der Waals surface area contributed by atoms with Gasteiger partial charge in [0.1, 0.15) is 0 Å². The van der Waals surface area contributed by atoms with Crippen molar-refractivity contribution in [1.29, 1.82) is 0 Å². The third-order valence-corrected chi connectivity index (χ3v) is 3.09. The molecule has 0 aromatic carbocycles. The Morgan fingerprint density at radius 2 is 1.95 bits per heavy atom. The van der Waals surface area contributed by atoms with Crippen LogP contribution in [0.5, 0.6) is 0 Å². The van der Waals surface area contributed by atoms with E-state index in [1.807, 2.05) is 7.05 Å². The second kappa shape index (κ2) is 12.9. The molecular weight excluding hydrogens is 289 g/mol. The number of nitrogens with zero attached hydrogens (tertiary/aromatic N) is 1. The van der Waals surface area contributed by atoms with Crippen molar-refractivity contribution in [3.05, 3.63) is 0 Å². The van der Waals surface area contributed by atoms with Gasteiger partial charge in [0, 0.05) is 32.1 Å². The average molecular weight is 316 g/mol. The van der Waals surface area contributed by atoms with E-state index in [0.29, 0.717) is 12.5 Å². The first-order valence-corrected chi connectivity index (χ1v) is 6.47. The Bertz CT molecular complexity index is 227. The van der Waals surface area contributed by atoms with Crippen LogP contribution in [0.4, 0.5) is 0 Å². The second-order valence-electron chi connectivity index (χ2n) is 4.51. The van der Waals surface area contributed by atoms with Gasteiger partial charge in [0.05, 0.1) is 13.2 Å². The number of amides is 1. The Hall–Kier alpha value is -0.0700. The van der Waals surface area contributed by atoms with Crippen molar-refractivity contribution in [1.82, 2.24) is 15.5 Å². The lowest BCUT2D eigenvalue weighted by Crippen LogP contribution is -2.47. The standard InChI is InChI=1S/C12H25N3O2.2ClH/c1-11(15-6-8-17-9-7-15)10-14-12(16)4-3-5-13-2;;/h11,13H,3-10H2,1-2H3,(H,14,16);2*1H. The Morgan fingerprint density at radius 3 is 2.53 bits per heavy atom. The first kappa shape index (κ1) is 21.2. The minimum absolute atomic E-state index is 0. The Morgan fingerprint density at radius 1 is 1.32 bits per heavy atom. The zero-order valence-corrected chi connectivity index (χ0v) is 13.4. The van der Waals surface area contributed by atoms with Crippen molar-refractivity contribution in [2.45, 2.75) is 25.8 Å². The molecule has 1 aliphatic rings. The van der Waals surface area contributed by atoms with Gasteiger partial charge < -0.3 is 15.4 Å². The van der Waals surface area contributed by atoms with Gasteiger partial charge >= 0.3 is 0 Å². The summed E-state index contributed by atoms with van der Waals surface area (Å²) in [6, 6.07) is 0.396. The molecule has 0 aliphatic carbocycles. The van der Waals surface area contributed by atoms with Gasteiger partial charge in [-0.15, -0.1) is 24.8 Å². The van der Waals surface area contributed by atoms with Gasteiger partial charge in [-0.3, -0.25) is 9.69 Å². The van der Waals surface area contributed by atoms with E-state index in [2.05, 4.69) is 22.5 Å². The molecule has 1 rings (SSSR count). The number of halogens is 2. The maximum Gasteiger partial charge on any atom is 0.220 e. The number of hydrogen-bond acceptors (Lipinski definition) is 4. The molecule has 1 saturated heterocycles. The molecule has 1 amide bonds. The van der Waals surface area contributed by atoms with Crippen LogP contribution in [0.2, 0.25) is 0 Å². The highest BCUT2D eigenvalue weighted by molar-refractivity contribution is 5.85. The second-order valence-corrected chi connectivity index (χ2v) is 4.51. The first-order chi connectivity index (χ1) is 8.24. The van der Waals surface area contributed by atoms with Crippen LogP contribution in [0.3, 0.4) is 0 Å². The molecular formula is C12H27Cl2N3O2. The summed E-state index contributed by atoms with van der Waals surface area (Å²) in [5.74, 6) is 0.153. The number of hydrogen-bond donors (Lipinski definition) is 2. The molecule has 0 spiro atoms. The molecule has 0 radical (unpaired) electrons. The van der Waals surface area contributed by atoms with Gasteiger partial charge in [0.15, 0.2) is 0 Å². The van der Waals surface area contributed by atoms with Crippen molar-refractivity contribution in [3.63, 3.8) is 0 Å². The van der Waals surface area contributed by atoms with Crippen molar-refractivity contribution >= 4 is 30.7 Å². The molecule has 116 valence electrons. The zero-order valence-electron chi connectivity index (χ0n) is 11.8. The van der Waals surface area contributed by atoms with Crippen molar-refractivity contribution in [3.8, 4) is 0 Å². The van der Waals surface area contributed by atoms with Gasteiger partial charge in [0.2, 0.25) is 5.91 Å². The van der Waals surface area contributed by atoms with Crippen molar-refractivity contribution in [2.24, 2.45) is 0 Å². The molecule has 2 N–H and O–H groups in total. The Labute approximate surface area is 128 Å². The van der Waals surface area contributed by atoms with Gasteiger partial charge in [-0.05, 0) is 26.9 Å². The number of carbonyl (C=O) groups is 1. The highest BCUT2D eigenvalue weighted by atomic mass is 35.5. The van der Waals surface area contributed by atoms with Gasteiger partial charge in [-0.1, -0.05) is 0 Å². The van der Waals surface area contributed by atoms with Crippen LogP contribution in [-0.4, -0.2) is 63.3 Å². The predicted octanol–water partition coefficient (Wildman–Crippen LogP) is 0.666. The summed E-state index contributed by atoms with van der Waals surface area (Å²) in [6.07, 6.45) is 1.50. The quantitative estimate of drug-likeness (QED) is 0.678. The number of morpholine rings is 1. The third-order valence-electron chi connectivity index (χ3n) is 3.09. The summed E-state index contributed by atoms with van der Waals surface area (Å²) in [4.78, 5) is 13.9. The van der Waals surface area contributed by atoms with E-state index in [0.717, 1.165) is 45.8 Å². The molecule has 1 aliphatic heterocycles. The van der Waals surface area contributed by atoms with Gasteiger partial charge in [-0.2, -0.15) is 0 Å². The fourth-order valence-electron chi connectivity index (χ4n) is 1.92. The molecule has 1 atom stereocenters. The smallest absolute Gasteiger partial charge is 0.220 e. The summed E-state index contributed by atoms with van der Waals surface area (Å²) < 4.78 is 5.30. The van der Waals surface area contributed by atoms with Crippen LogP contribution in [-0.2, 0) is 9.53 Å². The van der Waals surface area contributed by atoms with E-state index in [1.165, 1.54) is 0 Å². The molecule has 0 bridgehead atoms. The predicted molar refractivity (Wildman–Crippen MR) is 82.5 cm³/mol. The van der Waals surface area contributed by atoms with Crippen LogP contribution in [0.1, 0.15) is 19.8 Å². The summed E-state index contributed by atoms with van der Waals surface area (Å²) in [6.45, 7) is 7.33. The molecule has 0 saturated carbocycles. The highest BCUT2D eigenvalue weighted by Crippen LogP contribution is 2.02. The highest BCUT2D eigenvalue weighted by Gasteiger charge is 2.17. The van der Waals surface area contributed by atoms with Crippen LogP contribution < -0.4 is 10.6 Å². The van der Waals surface area contributed by atoms with E-state index >= 15 is 0 Å². The molecule has 1 fully saturated rings. The summed E-state index contributed by atoms with van der Waals surface area (Å²) >= 11 is 0. The molecule has 0 aromatic rings. The van der Waals surface area contributed by atoms with E-state index in [9.17, 15) is 4.79 Å². The number of nitrogens with one attached hydrogen (secondary N) is 2. The van der Waals surface area contributed by atoms with Gasteiger partial charge in [0.25, 0.3) is 0 Å². The Balaban J connectivity index is 0. The monoisotopic (exact) mass is 315 g/mol. The fourth-order valence-corrected chi connectivity index (χ4v) is 1.92. The molecule has 19 heavy (non-hydrogen) atoms. The lowest BCUT2D eigenvalue weighted by Gasteiger charge is -2.32. The lowest BCUT2D eigenvalue weighted by molar-refractivity contribution is -0.121. The van der Waals surface area contributed by atoms with E-state index in [4.69, 9.17) is 4.74 Å². The zero-order chi connectivity index (χ0) is 12.5. The minimum atomic E-state index is 0. The topological polar surface area (TPSA) is 53.6 Å².